The van der Waals surface area contributed by atoms with E-state index in [2.05, 4.69) is 62.0 Å². The fraction of sp³-hybridized carbons (Fsp3) is 0.348. The number of nitrogens with zero attached hydrogens (tertiary/aromatic N) is 1. The summed E-state index contributed by atoms with van der Waals surface area (Å²) in [4.78, 5) is 15.2. The number of benzene rings is 2. The molecule has 3 nitrogen and oxygen atoms in total. The van der Waals surface area contributed by atoms with Gasteiger partial charge in [-0.3, -0.25) is 4.79 Å². The molecule has 26 heavy (non-hydrogen) atoms. The van der Waals surface area contributed by atoms with E-state index in [9.17, 15) is 4.79 Å². The van der Waals surface area contributed by atoms with Crippen molar-refractivity contribution < 1.29 is 9.53 Å². The molecular weight excluding hydrogens is 322 g/mol. The number of hydrogen-bond donors (Lipinski definition) is 0. The second-order valence-electron chi connectivity index (χ2n) is 7.79. The Morgan fingerprint density at radius 1 is 1.08 bits per heavy atom. The van der Waals surface area contributed by atoms with Crippen LogP contribution in [0.4, 0.5) is 0 Å². The van der Waals surface area contributed by atoms with Gasteiger partial charge in [-0.15, -0.1) is 0 Å². The smallest absolute Gasteiger partial charge is 0.231 e. The first-order valence-electron chi connectivity index (χ1n) is 9.23. The summed E-state index contributed by atoms with van der Waals surface area (Å²) in [5, 5.41) is 0. The molecule has 1 aliphatic heterocycles. The van der Waals surface area contributed by atoms with E-state index in [1.54, 1.807) is 12.0 Å². The van der Waals surface area contributed by atoms with Crippen LogP contribution >= 0.6 is 0 Å². The Labute approximate surface area is 154 Å². The number of methoxy groups -OCH3 is 1. The zero-order chi connectivity index (χ0) is 18.2. The van der Waals surface area contributed by atoms with Crippen molar-refractivity contribution in [3.8, 4) is 0 Å². The average molecular weight is 345 g/mol. The van der Waals surface area contributed by atoms with E-state index in [0.717, 1.165) is 5.70 Å². The van der Waals surface area contributed by atoms with Crippen LogP contribution < -0.4 is 0 Å². The molecule has 2 bridgehead atoms. The van der Waals surface area contributed by atoms with Crippen molar-refractivity contribution in [1.29, 1.82) is 0 Å². The lowest BCUT2D eigenvalue weighted by Gasteiger charge is -2.56. The van der Waals surface area contributed by atoms with Crippen molar-refractivity contribution in [2.45, 2.75) is 24.4 Å². The molecule has 2 aromatic rings. The fourth-order valence-electron chi connectivity index (χ4n) is 5.98. The van der Waals surface area contributed by atoms with Gasteiger partial charge >= 0.3 is 0 Å². The highest BCUT2D eigenvalue weighted by Gasteiger charge is 2.67. The van der Waals surface area contributed by atoms with Crippen molar-refractivity contribution in [1.82, 2.24) is 4.90 Å². The molecule has 6 rings (SSSR count). The molecule has 0 saturated carbocycles. The van der Waals surface area contributed by atoms with Gasteiger partial charge < -0.3 is 9.64 Å². The van der Waals surface area contributed by atoms with Crippen molar-refractivity contribution >= 4 is 5.91 Å². The van der Waals surface area contributed by atoms with E-state index in [1.807, 2.05) is 7.05 Å². The summed E-state index contributed by atoms with van der Waals surface area (Å²) in [6.07, 6.45) is -0.123. The molecule has 0 spiro atoms. The Kier molecular flexibility index (Phi) is 3.09. The molecule has 0 unspecified atom stereocenters. The van der Waals surface area contributed by atoms with Gasteiger partial charge in [0.25, 0.3) is 0 Å². The van der Waals surface area contributed by atoms with Gasteiger partial charge in [0.2, 0.25) is 5.91 Å². The third-order valence-electron chi connectivity index (χ3n) is 7.10. The van der Waals surface area contributed by atoms with Crippen LogP contribution in [0, 0.1) is 11.8 Å². The van der Waals surface area contributed by atoms with E-state index < -0.39 is 5.41 Å². The zero-order valence-corrected chi connectivity index (χ0v) is 15.4. The number of carbonyl (C=O) groups is 1. The van der Waals surface area contributed by atoms with Crippen LogP contribution in [0.5, 0.6) is 0 Å². The Bertz CT molecular complexity index is 899. The largest absolute Gasteiger partial charge is 0.380 e. The van der Waals surface area contributed by atoms with E-state index in [-0.39, 0.29) is 29.8 Å². The van der Waals surface area contributed by atoms with Gasteiger partial charge in [-0.25, -0.2) is 0 Å². The van der Waals surface area contributed by atoms with Crippen LogP contribution in [-0.4, -0.2) is 31.1 Å². The summed E-state index contributed by atoms with van der Waals surface area (Å²) in [6.45, 7) is 6.42. The third kappa shape index (κ3) is 1.52. The Morgan fingerprint density at radius 3 is 2.15 bits per heavy atom. The lowest BCUT2D eigenvalue weighted by atomic mass is 9.45. The van der Waals surface area contributed by atoms with E-state index in [4.69, 9.17) is 4.74 Å². The van der Waals surface area contributed by atoms with E-state index in [1.165, 1.54) is 22.3 Å². The Hall–Kier alpha value is -2.39. The predicted molar refractivity (Wildman–Crippen MR) is 101 cm³/mol. The monoisotopic (exact) mass is 345 g/mol. The highest BCUT2D eigenvalue weighted by molar-refractivity contribution is 5.90. The van der Waals surface area contributed by atoms with Gasteiger partial charge in [-0.2, -0.15) is 0 Å². The average Bonchev–Trinajstić information content (AvgIpc) is 2.92. The van der Waals surface area contributed by atoms with Gasteiger partial charge in [-0.05, 0) is 29.2 Å². The minimum absolute atomic E-state index is 0.0925. The minimum atomic E-state index is -0.480. The van der Waals surface area contributed by atoms with Crippen LogP contribution in [-0.2, 0) is 14.9 Å². The van der Waals surface area contributed by atoms with Crippen LogP contribution in [0.2, 0.25) is 0 Å². The van der Waals surface area contributed by atoms with Gasteiger partial charge in [0, 0.05) is 31.7 Å². The summed E-state index contributed by atoms with van der Waals surface area (Å²) in [7, 11) is 3.61. The van der Waals surface area contributed by atoms with Gasteiger partial charge in [0.05, 0.1) is 17.4 Å². The molecule has 3 heteroatoms. The van der Waals surface area contributed by atoms with Gasteiger partial charge in [-0.1, -0.05) is 55.1 Å². The molecule has 2 aromatic carbocycles. The number of hydrogen-bond acceptors (Lipinski definition) is 2. The maximum Gasteiger partial charge on any atom is 0.231 e. The fourth-order valence-corrected chi connectivity index (χ4v) is 5.98. The molecule has 1 saturated heterocycles. The molecule has 0 aromatic heterocycles. The molecule has 4 aliphatic rings. The Balaban J connectivity index is 1.95. The van der Waals surface area contributed by atoms with Crippen molar-refractivity contribution in [2.24, 2.45) is 11.8 Å². The first kappa shape index (κ1) is 15.8. The first-order valence-corrected chi connectivity index (χ1v) is 9.23. The Morgan fingerprint density at radius 2 is 1.62 bits per heavy atom. The summed E-state index contributed by atoms with van der Waals surface area (Å²) in [5.41, 5.74) is 5.58. The lowest BCUT2D eigenvalue weighted by Crippen LogP contribution is -2.58. The molecule has 132 valence electrons. The molecule has 3 atom stereocenters. The SMILES string of the molecule is C=C1[C@H]2C3c4ccccc4C([C@H](C)OC)(c4ccccc43)[C@H]2C(=O)N1C. The van der Waals surface area contributed by atoms with Crippen LogP contribution in [0.15, 0.2) is 60.8 Å². The van der Waals surface area contributed by atoms with Gasteiger partial charge in [0.15, 0.2) is 0 Å². The molecule has 1 heterocycles. The molecule has 1 fully saturated rings. The summed E-state index contributed by atoms with van der Waals surface area (Å²) in [5.74, 6) is 0.275. The zero-order valence-electron chi connectivity index (χ0n) is 15.4. The summed E-state index contributed by atoms with van der Waals surface area (Å²) in [6, 6.07) is 17.2. The number of ether oxygens (including phenoxy) is 1. The van der Waals surface area contributed by atoms with Crippen LogP contribution in [0.3, 0.4) is 0 Å². The number of carbonyl (C=O) groups excluding carboxylic acids is 1. The minimum Gasteiger partial charge on any atom is -0.380 e. The molecule has 0 radical (unpaired) electrons. The first-order chi connectivity index (χ1) is 12.5. The summed E-state index contributed by atoms with van der Waals surface area (Å²) >= 11 is 0. The molecular formula is C23H23NO2. The highest BCUT2D eigenvalue weighted by Crippen LogP contribution is 2.66. The standard InChI is InChI=1S/C23H23NO2/c1-13-19-20-15-9-5-7-11-17(15)23(14(2)26-4,21(19)22(25)24(13)3)18-12-8-6-10-16(18)20/h5-12,14,19-21H,1H2,2-4H3/t14-,19-,20?,21+,23?/m0/s1. The number of amides is 1. The van der Waals surface area contributed by atoms with Crippen molar-refractivity contribution in [3.63, 3.8) is 0 Å². The van der Waals surface area contributed by atoms with Crippen LogP contribution in [0.25, 0.3) is 0 Å². The molecule has 3 aliphatic carbocycles. The van der Waals surface area contributed by atoms with Crippen molar-refractivity contribution in [2.75, 3.05) is 14.2 Å². The highest BCUT2D eigenvalue weighted by atomic mass is 16.5. The van der Waals surface area contributed by atoms with Gasteiger partial charge in [0.1, 0.15) is 0 Å². The molecule has 1 amide bonds. The summed E-state index contributed by atoms with van der Waals surface area (Å²) < 4.78 is 5.95. The van der Waals surface area contributed by atoms with Crippen molar-refractivity contribution in [3.05, 3.63) is 83.1 Å². The molecule has 0 N–H and O–H groups in total. The number of rotatable bonds is 2. The maximum atomic E-state index is 13.4. The number of allylic oxidation sites excluding steroid dienone is 1. The predicted octanol–water partition coefficient (Wildman–Crippen LogP) is 3.68. The second kappa shape index (κ2) is 5.08. The maximum absolute atomic E-state index is 13.4. The normalized spacial score (nSPS) is 32.3. The van der Waals surface area contributed by atoms with Crippen LogP contribution in [0.1, 0.15) is 35.1 Å². The second-order valence-corrected chi connectivity index (χ2v) is 7.79. The van der Waals surface area contributed by atoms with E-state index in [0.29, 0.717) is 0 Å². The quantitative estimate of drug-likeness (QED) is 0.831. The third-order valence-corrected chi connectivity index (χ3v) is 7.10. The van der Waals surface area contributed by atoms with E-state index >= 15 is 0 Å². The lowest BCUT2D eigenvalue weighted by molar-refractivity contribution is -0.134. The number of likely N-dealkylation sites (tertiary alicyclic amines) is 1. The topological polar surface area (TPSA) is 29.5 Å².